The van der Waals surface area contributed by atoms with Gasteiger partial charge in [-0.25, -0.2) is 0 Å². The minimum Gasteiger partial charge on any atom is -0.371 e. The first-order valence-corrected chi connectivity index (χ1v) is 6.60. The zero-order valence-corrected chi connectivity index (χ0v) is 9.90. The summed E-state index contributed by atoms with van der Waals surface area (Å²) in [6.45, 7) is 0.890. The third-order valence-electron chi connectivity index (χ3n) is 3.92. The Morgan fingerprint density at radius 1 is 1.53 bits per heavy atom. The van der Waals surface area contributed by atoms with Crippen molar-refractivity contribution in [3.8, 4) is 0 Å². The number of likely N-dealkylation sites (N-methyl/N-ethyl adjacent to an activating group) is 1. The molecule has 0 amide bonds. The van der Waals surface area contributed by atoms with Crippen LogP contribution < -0.4 is 5.32 Å². The molecule has 0 aromatic carbocycles. The Hall–Kier alpha value is -0.380. The molecule has 1 aliphatic heterocycles. The van der Waals surface area contributed by atoms with Crippen molar-refractivity contribution in [1.82, 2.24) is 5.32 Å². The fourth-order valence-corrected chi connectivity index (χ4v) is 3.70. The average Bonchev–Trinajstić information content (AvgIpc) is 2.65. The summed E-state index contributed by atoms with van der Waals surface area (Å²) >= 11 is 1.88. The topological polar surface area (TPSA) is 21.3 Å². The Morgan fingerprint density at radius 2 is 2.40 bits per heavy atom. The summed E-state index contributed by atoms with van der Waals surface area (Å²) < 4.78 is 6.01. The quantitative estimate of drug-likeness (QED) is 0.832. The molecule has 15 heavy (non-hydrogen) atoms. The SMILES string of the molecule is CNC1(C2OCCc3sccc32)CCC1. The molecule has 0 bridgehead atoms. The molecule has 0 spiro atoms. The second kappa shape index (κ2) is 3.58. The minimum absolute atomic E-state index is 0.232. The number of fused-ring (bicyclic) bond motifs is 1. The predicted molar refractivity (Wildman–Crippen MR) is 62.4 cm³/mol. The molecule has 1 aliphatic carbocycles. The maximum absolute atomic E-state index is 6.01. The lowest BCUT2D eigenvalue weighted by Gasteiger charge is -2.48. The fourth-order valence-electron chi connectivity index (χ4n) is 2.80. The second-order valence-corrected chi connectivity index (χ2v) is 5.56. The van der Waals surface area contributed by atoms with Crippen LogP contribution in [0.3, 0.4) is 0 Å². The third kappa shape index (κ3) is 1.37. The maximum Gasteiger partial charge on any atom is 0.102 e. The van der Waals surface area contributed by atoms with Crippen LogP contribution in [0.4, 0.5) is 0 Å². The van der Waals surface area contributed by atoms with Gasteiger partial charge in [0, 0.05) is 16.8 Å². The lowest BCUT2D eigenvalue weighted by atomic mass is 9.70. The van der Waals surface area contributed by atoms with E-state index < -0.39 is 0 Å². The van der Waals surface area contributed by atoms with Crippen LogP contribution in [0.5, 0.6) is 0 Å². The standard InChI is InChI=1S/C12H17NOS/c1-13-12(5-2-6-12)11-9-4-8-15-10(9)3-7-14-11/h4,8,11,13H,2-3,5-7H2,1H3. The van der Waals surface area contributed by atoms with Crippen LogP contribution in [0.15, 0.2) is 11.4 Å². The molecule has 1 saturated carbocycles. The van der Waals surface area contributed by atoms with Gasteiger partial charge in [0.05, 0.1) is 6.61 Å². The van der Waals surface area contributed by atoms with Gasteiger partial charge in [0.25, 0.3) is 0 Å². The number of hydrogen-bond acceptors (Lipinski definition) is 3. The van der Waals surface area contributed by atoms with E-state index in [1.54, 1.807) is 0 Å². The summed E-state index contributed by atoms with van der Waals surface area (Å²) in [5.41, 5.74) is 1.68. The van der Waals surface area contributed by atoms with Crippen LogP contribution in [-0.4, -0.2) is 19.2 Å². The average molecular weight is 223 g/mol. The van der Waals surface area contributed by atoms with Gasteiger partial charge in [0.2, 0.25) is 0 Å². The first kappa shape index (κ1) is 9.82. The maximum atomic E-state index is 6.01. The monoisotopic (exact) mass is 223 g/mol. The zero-order valence-electron chi connectivity index (χ0n) is 9.08. The smallest absolute Gasteiger partial charge is 0.102 e. The van der Waals surface area contributed by atoms with Crippen molar-refractivity contribution >= 4 is 11.3 Å². The van der Waals surface area contributed by atoms with E-state index in [1.165, 1.54) is 29.7 Å². The highest BCUT2D eigenvalue weighted by Gasteiger charge is 2.46. The number of nitrogens with one attached hydrogen (secondary N) is 1. The van der Waals surface area contributed by atoms with E-state index in [4.69, 9.17) is 4.74 Å². The lowest BCUT2D eigenvalue weighted by Crippen LogP contribution is -2.55. The minimum atomic E-state index is 0.232. The highest BCUT2D eigenvalue weighted by Crippen LogP contribution is 2.47. The molecule has 3 heteroatoms. The molecule has 0 saturated heterocycles. The van der Waals surface area contributed by atoms with E-state index in [1.807, 2.05) is 11.3 Å². The van der Waals surface area contributed by atoms with Crippen molar-refractivity contribution < 1.29 is 4.74 Å². The highest BCUT2D eigenvalue weighted by atomic mass is 32.1. The molecule has 1 aromatic heterocycles. The Morgan fingerprint density at radius 3 is 3.07 bits per heavy atom. The predicted octanol–water partition coefficient (Wildman–Crippen LogP) is 2.50. The molecule has 1 unspecified atom stereocenters. The van der Waals surface area contributed by atoms with E-state index in [2.05, 4.69) is 23.8 Å². The van der Waals surface area contributed by atoms with E-state index >= 15 is 0 Å². The number of rotatable bonds is 2. The van der Waals surface area contributed by atoms with Gasteiger partial charge in [-0.1, -0.05) is 0 Å². The Labute approximate surface area is 94.6 Å². The van der Waals surface area contributed by atoms with Gasteiger partial charge in [0.15, 0.2) is 0 Å². The van der Waals surface area contributed by atoms with Crippen molar-refractivity contribution in [2.24, 2.45) is 0 Å². The summed E-state index contributed by atoms with van der Waals surface area (Å²) in [7, 11) is 2.07. The summed E-state index contributed by atoms with van der Waals surface area (Å²) in [5, 5.41) is 5.70. The van der Waals surface area contributed by atoms with E-state index in [0.717, 1.165) is 13.0 Å². The van der Waals surface area contributed by atoms with Gasteiger partial charge >= 0.3 is 0 Å². The molecule has 1 aromatic rings. The van der Waals surface area contributed by atoms with Crippen molar-refractivity contribution in [3.05, 3.63) is 21.9 Å². The van der Waals surface area contributed by atoms with Crippen LogP contribution in [-0.2, 0) is 11.2 Å². The molecule has 1 fully saturated rings. The third-order valence-corrected chi connectivity index (χ3v) is 4.92. The van der Waals surface area contributed by atoms with Gasteiger partial charge in [-0.15, -0.1) is 11.3 Å². The van der Waals surface area contributed by atoms with Crippen LogP contribution >= 0.6 is 11.3 Å². The molecule has 3 rings (SSSR count). The molecule has 1 N–H and O–H groups in total. The Bertz CT molecular complexity index is 351. The van der Waals surface area contributed by atoms with Gasteiger partial charge in [-0.3, -0.25) is 0 Å². The van der Waals surface area contributed by atoms with Crippen molar-refractivity contribution in [2.75, 3.05) is 13.7 Å². The molecule has 2 heterocycles. The highest BCUT2D eigenvalue weighted by molar-refractivity contribution is 7.10. The number of thiophene rings is 1. The van der Waals surface area contributed by atoms with Crippen LogP contribution in [0.1, 0.15) is 35.8 Å². The van der Waals surface area contributed by atoms with Gasteiger partial charge in [0.1, 0.15) is 6.10 Å². The lowest BCUT2D eigenvalue weighted by molar-refractivity contribution is -0.0549. The molecular formula is C12H17NOS. The van der Waals surface area contributed by atoms with Crippen molar-refractivity contribution in [1.29, 1.82) is 0 Å². The van der Waals surface area contributed by atoms with E-state index in [9.17, 15) is 0 Å². The van der Waals surface area contributed by atoms with E-state index in [-0.39, 0.29) is 5.54 Å². The Balaban J connectivity index is 1.95. The summed E-state index contributed by atoms with van der Waals surface area (Å²) in [4.78, 5) is 1.53. The summed E-state index contributed by atoms with van der Waals surface area (Å²) in [5.74, 6) is 0. The second-order valence-electron chi connectivity index (χ2n) is 4.56. The molecule has 1 atom stereocenters. The van der Waals surface area contributed by atoms with Crippen LogP contribution in [0.25, 0.3) is 0 Å². The van der Waals surface area contributed by atoms with Gasteiger partial charge in [-0.05, 0) is 43.3 Å². The van der Waals surface area contributed by atoms with Gasteiger partial charge < -0.3 is 10.1 Å². The first-order chi connectivity index (χ1) is 7.36. The molecule has 82 valence electrons. The first-order valence-electron chi connectivity index (χ1n) is 5.72. The molecule has 2 aliphatic rings. The summed E-state index contributed by atoms with van der Waals surface area (Å²) in [6, 6.07) is 2.25. The van der Waals surface area contributed by atoms with Crippen LogP contribution in [0, 0.1) is 0 Å². The normalized spacial score (nSPS) is 28.2. The molecule has 2 nitrogen and oxygen atoms in total. The van der Waals surface area contributed by atoms with Gasteiger partial charge in [-0.2, -0.15) is 0 Å². The number of hydrogen-bond donors (Lipinski definition) is 1. The van der Waals surface area contributed by atoms with E-state index in [0.29, 0.717) is 6.10 Å². The zero-order chi connectivity index (χ0) is 10.3. The fraction of sp³-hybridized carbons (Fsp3) is 0.667. The molecular weight excluding hydrogens is 206 g/mol. The summed E-state index contributed by atoms with van der Waals surface area (Å²) in [6.07, 6.45) is 5.24. The van der Waals surface area contributed by atoms with Crippen molar-refractivity contribution in [3.63, 3.8) is 0 Å². The Kier molecular flexibility index (Phi) is 2.34. The largest absolute Gasteiger partial charge is 0.371 e. The molecule has 0 radical (unpaired) electrons. The number of ether oxygens (including phenoxy) is 1. The van der Waals surface area contributed by atoms with Crippen molar-refractivity contribution in [2.45, 2.75) is 37.3 Å². The van der Waals surface area contributed by atoms with Crippen LogP contribution in [0.2, 0.25) is 0 Å².